The monoisotopic (exact) mass is 286 g/mol. The standard InChI is InChI=1S/C18H23FN2/c1-3-16(20)13-14-5-9-17(10-6-14)21(4-2)18-11-7-15(19)8-12-18/h5-12,16H,3-4,13,20H2,1-2H3. The average molecular weight is 286 g/mol. The second-order valence-electron chi connectivity index (χ2n) is 5.26. The highest BCUT2D eigenvalue weighted by molar-refractivity contribution is 5.63. The van der Waals surface area contributed by atoms with Gasteiger partial charge in [-0.2, -0.15) is 0 Å². The third-order valence-electron chi connectivity index (χ3n) is 3.72. The summed E-state index contributed by atoms with van der Waals surface area (Å²) in [5, 5.41) is 0. The van der Waals surface area contributed by atoms with Crippen molar-refractivity contribution in [2.24, 2.45) is 5.73 Å². The Balaban J connectivity index is 2.17. The van der Waals surface area contributed by atoms with Gasteiger partial charge in [0.15, 0.2) is 0 Å². The molecule has 2 rings (SSSR count). The van der Waals surface area contributed by atoms with Gasteiger partial charge in [-0.25, -0.2) is 4.39 Å². The van der Waals surface area contributed by atoms with Crippen LogP contribution in [0.15, 0.2) is 48.5 Å². The molecular weight excluding hydrogens is 263 g/mol. The molecule has 0 bridgehead atoms. The fourth-order valence-electron chi connectivity index (χ4n) is 2.39. The van der Waals surface area contributed by atoms with E-state index in [1.54, 1.807) is 12.1 Å². The maximum atomic E-state index is 13.0. The molecule has 21 heavy (non-hydrogen) atoms. The highest BCUT2D eigenvalue weighted by atomic mass is 19.1. The summed E-state index contributed by atoms with van der Waals surface area (Å²) in [4.78, 5) is 2.16. The largest absolute Gasteiger partial charge is 0.342 e. The minimum Gasteiger partial charge on any atom is -0.342 e. The molecule has 1 unspecified atom stereocenters. The molecule has 0 fully saturated rings. The summed E-state index contributed by atoms with van der Waals surface area (Å²) in [6.07, 6.45) is 1.89. The SMILES string of the molecule is CCC(N)Cc1ccc(N(CC)c2ccc(F)cc2)cc1. The lowest BCUT2D eigenvalue weighted by Gasteiger charge is -2.23. The third-order valence-corrected chi connectivity index (χ3v) is 3.72. The smallest absolute Gasteiger partial charge is 0.123 e. The van der Waals surface area contributed by atoms with Gasteiger partial charge in [0.1, 0.15) is 5.82 Å². The molecule has 0 radical (unpaired) electrons. The van der Waals surface area contributed by atoms with Gasteiger partial charge in [0.2, 0.25) is 0 Å². The molecule has 2 N–H and O–H groups in total. The summed E-state index contributed by atoms with van der Waals surface area (Å²) < 4.78 is 13.0. The Morgan fingerprint density at radius 3 is 1.95 bits per heavy atom. The highest BCUT2D eigenvalue weighted by Crippen LogP contribution is 2.25. The van der Waals surface area contributed by atoms with Crippen LogP contribution >= 0.6 is 0 Å². The lowest BCUT2D eigenvalue weighted by Crippen LogP contribution is -2.21. The molecule has 0 amide bonds. The third kappa shape index (κ3) is 4.05. The number of nitrogens with two attached hydrogens (primary N) is 1. The lowest BCUT2D eigenvalue weighted by atomic mass is 10.0. The first-order valence-corrected chi connectivity index (χ1v) is 7.51. The van der Waals surface area contributed by atoms with Gasteiger partial charge in [-0.15, -0.1) is 0 Å². The van der Waals surface area contributed by atoms with Crippen LogP contribution in [0.2, 0.25) is 0 Å². The zero-order valence-corrected chi connectivity index (χ0v) is 12.7. The number of halogens is 1. The van der Waals surface area contributed by atoms with Crippen LogP contribution < -0.4 is 10.6 Å². The Kier molecular flexibility index (Phi) is 5.34. The van der Waals surface area contributed by atoms with Gasteiger partial charge in [-0.3, -0.25) is 0 Å². The number of benzene rings is 2. The van der Waals surface area contributed by atoms with Crippen molar-refractivity contribution in [1.29, 1.82) is 0 Å². The molecule has 1 atom stereocenters. The molecule has 0 saturated carbocycles. The van der Waals surface area contributed by atoms with Crippen LogP contribution in [0.1, 0.15) is 25.8 Å². The molecule has 0 aliphatic rings. The van der Waals surface area contributed by atoms with Crippen LogP contribution in [-0.4, -0.2) is 12.6 Å². The maximum Gasteiger partial charge on any atom is 0.123 e. The van der Waals surface area contributed by atoms with Gasteiger partial charge in [0.05, 0.1) is 0 Å². The van der Waals surface area contributed by atoms with Crippen LogP contribution in [0.5, 0.6) is 0 Å². The Morgan fingerprint density at radius 1 is 0.952 bits per heavy atom. The van der Waals surface area contributed by atoms with Gasteiger partial charge in [-0.05, 0) is 61.7 Å². The van der Waals surface area contributed by atoms with Crippen molar-refractivity contribution in [1.82, 2.24) is 0 Å². The van der Waals surface area contributed by atoms with Gasteiger partial charge < -0.3 is 10.6 Å². The van der Waals surface area contributed by atoms with Gasteiger partial charge >= 0.3 is 0 Å². The summed E-state index contributed by atoms with van der Waals surface area (Å²) in [6, 6.07) is 15.3. The molecule has 0 saturated heterocycles. The van der Waals surface area contributed by atoms with E-state index in [4.69, 9.17) is 5.73 Å². The van der Waals surface area contributed by atoms with Gasteiger partial charge in [0, 0.05) is 24.0 Å². The van der Waals surface area contributed by atoms with Crippen LogP contribution in [0.4, 0.5) is 15.8 Å². The predicted molar refractivity (Wildman–Crippen MR) is 87.5 cm³/mol. The zero-order valence-electron chi connectivity index (χ0n) is 12.7. The normalized spacial score (nSPS) is 12.2. The molecule has 2 aromatic carbocycles. The number of nitrogens with zero attached hydrogens (tertiary/aromatic N) is 1. The molecule has 0 spiro atoms. The first-order valence-electron chi connectivity index (χ1n) is 7.51. The number of rotatable bonds is 6. The Hall–Kier alpha value is -1.87. The first kappa shape index (κ1) is 15.5. The highest BCUT2D eigenvalue weighted by Gasteiger charge is 2.08. The number of anilines is 2. The van der Waals surface area contributed by atoms with E-state index in [-0.39, 0.29) is 11.9 Å². The number of hydrogen-bond acceptors (Lipinski definition) is 2. The molecule has 0 aliphatic heterocycles. The summed E-state index contributed by atoms with van der Waals surface area (Å²) in [5.74, 6) is -0.210. The van der Waals surface area contributed by atoms with Crippen molar-refractivity contribution in [3.8, 4) is 0 Å². The van der Waals surface area contributed by atoms with E-state index in [1.807, 2.05) is 0 Å². The van der Waals surface area contributed by atoms with Crippen molar-refractivity contribution in [2.75, 3.05) is 11.4 Å². The Morgan fingerprint density at radius 2 is 1.48 bits per heavy atom. The molecule has 112 valence electrons. The molecular formula is C18H23FN2. The van der Waals surface area contributed by atoms with E-state index < -0.39 is 0 Å². The summed E-state index contributed by atoms with van der Waals surface area (Å²) in [6.45, 7) is 5.02. The van der Waals surface area contributed by atoms with E-state index >= 15 is 0 Å². The van der Waals surface area contributed by atoms with Gasteiger partial charge in [-0.1, -0.05) is 19.1 Å². The van der Waals surface area contributed by atoms with Crippen molar-refractivity contribution in [3.05, 3.63) is 59.9 Å². The summed E-state index contributed by atoms with van der Waals surface area (Å²) >= 11 is 0. The van der Waals surface area contributed by atoms with E-state index in [0.29, 0.717) is 0 Å². The minimum absolute atomic E-state index is 0.210. The fourth-order valence-corrected chi connectivity index (χ4v) is 2.39. The van der Waals surface area contributed by atoms with Gasteiger partial charge in [0.25, 0.3) is 0 Å². The second-order valence-corrected chi connectivity index (χ2v) is 5.26. The molecule has 2 nitrogen and oxygen atoms in total. The fraction of sp³-hybridized carbons (Fsp3) is 0.333. The Labute approximate surface area is 126 Å². The zero-order chi connectivity index (χ0) is 15.2. The van der Waals surface area contributed by atoms with Crippen LogP contribution in [0.25, 0.3) is 0 Å². The van der Waals surface area contributed by atoms with Crippen molar-refractivity contribution in [3.63, 3.8) is 0 Å². The topological polar surface area (TPSA) is 29.3 Å². The molecule has 0 aromatic heterocycles. The van der Waals surface area contributed by atoms with E-state index in [2.05, 4.69) is 43.0 Å². The molecule has 0 aliphatic carbocycles. The minimum atomic E-state index is -0.210. The molecule has 0 heterocycles. The predicted octanol–water partition coefficient (Wildman–Crippen LogP) is 4.26. The van der Waals surface area contributed by atoms with E-state index in [1.165, 1.54) is 17.7 Å². The lowest BCUT2D eigenvalue weighted by molar-refractivity contribution is 0.628. The second kappa shape index (κ2) is 7.23. The Bertz CT molecular complexity index is 548. The van der Waals surface area contributed by atoms with E-state index in [0.717, 1.165) is 30.8 Å². The number of hydrogen-bond donors (Lipinski definition) is 1. The van der Waals surface area contributed by atoms with Crippen molar-refractivity contribution in [2.45, 2.75) is 32.7 Å². The molecule has 2 aromatic rings. The van der Waals surface area contributed by atoms with Crippen LogP contribution in [0.3, 0.4) is 0 Å². The van der Waals surface area contributed by atoms with Crippen molar-refractivity contribution >= 4 is 11.4 Å². The maximum absolute atomic E-state index is 13.0. The van der Waals surface area contributed by atoms with Crippen molar-refractivity contribution < 1.29 is 4.39 Å². The van der Waals surface area contributed by atoms with E-state index in [9.17, 15) is 4.39 Å². The quantitative estimate of drug-likeness (QED) is 0.859. The van der Waals surface area contributed by atoms with Crippen LogP contribution in [0, 0.1) is 5.82 Å². The first-order chi connectivity index (χ1) is 10.1. The average Bonchev–Trinajstić information content (AvgIpc) is 2.51. The summed E-state index contributed by atoms with van der Waals surface area (Å²) in [5.41, 5.74) is 9.35. The molecule has 3 heteroatoms. The van der Waals surface area contributed by atoms with Crippen LogP contribution in [-0.2, 0) is 6.42 Å². The summed E-state index contributed by atoms with van der Waals surface area (Å²) in [7, 11) is 0.